The van der Waals surface area contributed by atoms with Gasteiger partial charge in [-0.15, -0.1) is 0 Å². The van der Waals surface area contributed by atoms with E-state index in [1.807, 2.05) is 54.6 Å². The maximum Gasteiger partial charge on any atom is 0.279 e. The predicted molar refractivity (Wildman–Crippen MR) is 109 cm³/mol. The van der Waals surface area contributed by atoms with Crippen LogP contribution in [0.15, 0.2) is 54.6 Å². The number of carbonyl (C=O) groups is 1. The molecule has 4 nitrogen and oxygen atoms in total. The van der Waals surface area contributed by atoms with E-state index >= 15 is 0 Å². The van der Waals surface area contributed by atoms with Gasteiger partial charge in [0.25, 0.3) is 5.91 Å². The summed E-state index contributed by atoms with van der Waals surface area (Å²) in [7, 11) is 0. The van der Waals surface area contributed by atoms with Gasteiger partial charge in [-0.1, -0.05) is 30.3 Å². The second kappa shape index (κ2) is 7.25. The molecule has 0 radical (unpaired) electrons. The number of rotatable bonds is 6. The molecule has 3 N–H and O–H groups in total. The summed E-state index contributed by atoms with van der Waals surface area (Å²) in [6.07, 6.45) is 8.22. The van der Waals surface area contributed by atoms with Crippen LogP contribution < -0.4 is 15.4 Å². The van der Waals surface area contributed by atoms with Crippen LogP contribution in [0.1, 0.15) is 38.5 Å². The first kappa shape index (κ1) is 17.7. The van der Waals surface area contributed by atoms with Gasteiger partial charge in [0.15, 0.2) is 12.3 Å². The zero-order chi connectivity index (χ0) is 19.0. The minimum Gasteiger partial charge on any atom is -0.455 e. The molecule has 4 aliphatic carbocycles. The van der Waals surface area contributed by atoms with E-state index in [2.05, 4.69) is 10.6 Å². The van der Waals surface area contributed by atoms with Gasteiger partial charge >= 0.3 is 0 Å². The standard InChI is InChI=1S/C24H28N2O2/c27-23(16-25-24-13-17-10-18(14-24)12-19(11-17)15-24)26-21-8-4-5-9-22(21)28-20-6-2-1-3-7-20/h1-9,17-19,25H,10-16H2,(H,26,27)/p+1. The molecular formula is C24H29N2O2+. The summed E-state index contributed by atoms with van der Waals surface area (Å²) in [5.74, 6) is 4.22. The van der Waals surface area contributed by atoms with Crippen molar-refractivity contribution in [3.05, 3.63) is 54.6 Å². The third kappa shape index (κ3) is 3.66. The Morgan fingerprint density at radius 1 is 0.929 bits per heavy atom. The molecule has 4 aliphatic rings. The van der Waals surface area contributed by atoms with Gasteiger partial charge in [-0.05, 0) is 61.3 Å². The smallest absolute Gasteiger partial charge is 0.279 e. The van der Waals surface area contributed by atoms with E-state index in [0.29, 0.717) is 17.8 Å². The second-order valence-corrected chi connectivity index (χ2v) is 9.15. The molecule has 4 fully saturated rings. The van der Waals surface area contributed by atoms with Crippen LogP contribution in [0.25, 0.3) is 0 Å². The molecule has 6 rings (SSSR count). The van der Waals surface area contributed by atoms with Crippen molar-refractivity contribution in [2.45, 2.75) is 44.1 Å². The number of para-hydroxylation sites is 3. The van der Waals surface area contributed by atoms with Crippen molar-refractivity contribution < 1.29 is 14.8 Å². The second-order valence-electron chi connectivity index (χ2n) is 9.15. The summed E-state index contributed by atoms with van der Waals surface area (Å²) in [5.41, 5.74) is 1.06. The van der Waals surface area contributed by atoms with Crippen LogP contribution in [-0.4, -0.2) is 18.0 Å². The number of hydrogen-bond donors (Lipinski definition) is 2. The van der Waals surface area contributed by atoms with Gasteiger partial charge in [0.05, 0.1) is 11.2 Å². The summed E-state index contributed by atoms with van der Waals surface area (Å²) < 4.78 is 5.96. The van der Waals surface area contributed by atoms with Crippen LogP contribution in [0, 0.1) is 17.8 Å². The van der Waals surface area contributed by atoms with E-state index in [1.54, 1.807) is 0 Å². The fraction of sp³-hybridized carbons (Fsp3) is 0.458. The molecular weight excluding hydrogens is 348 g/mol. The van der Waals surface area contributed by atoms with Gasteiger partial charge in [-0.2, -0.15) is 0 Å². The fourth-order valence-electron chi connectivity index (χ4n) is 6.21. The molecule has 0 unspecified atom stereocenters. The molecule has 0 heterocycles. The van der Waals surface area contributed by atoms with E-state index in [9.17, 15) is 4.79 Å². The lowest BCUT2D eigenvalue weighted by Gasteiger charge is -2.54. The van der Waals surface area contributed by atoms with Gasteiger partial charge in [0.1, 0.15) is 5.75 Å². The molecule has 2 aromatic carbocycles. The minimum absolute atomic E-state index is 0.0554. The van der Waals surface area contributed by atoms with Crippen LogP contribution in [0.3, 0.4) is 0 Å². The number of benzene rings is 2. The third-order valence-electron chi connectivity index (χ3n) is 6.94. The maximum absolute atomic E-state index is 12.7. The zero-order valence-corrected chi connectivity index (χ0v) is 16.3. The largest absolute Gasteiger partial charge is 0.455 e. The number of hydrogen-bond acceptors (Lipinski definition) is 2. The quantitative estimate of drug-likeness (QED) is 0.801. The normalized spacial score (nSPS) is 30.2. The van der Waals surface area contributed by atoms with Crippen LogP contribution in [0.2, 0.25) is 0 Å². The van der Waals surface area contributed by atoms with Crippen molar-refractivity contribution in [1.29, 1.82) is 0 Å². The highest BCUT2D eigenvalue weighted by Gasteiger charge is 2.53. The van der Waals surface area contributed by atoms with E-state index in [4.69, 9.17) is 4.74 Å². The number of quaternary nitrogens is 1. The first-order valence-electron chi connectivity index (χ1n) is 10.6. The first-order chi connectivity index (χ1) is 13.7. The van der Waals surface area contributed by atoms with Crippen LogP contribution in [0.4, 0.5) is 5.69 Å². The molecule has 146 valence electrons. The number of nitrogens with two attached hydrogens (primary N) is 1. The monoisotopic (exact) mass is 377 g/mol. The lowest BCUT2D eigenvalue weighted by Crippen LogP contribution is -3.00. The number of ether oxygens (including phenoxy) is 1. The molecule has 0 aliphatic heterocycles. The van der Waals surface area contributed by atoms with Crippen molar-refractivity contribution in [3.63, 3.8) is 0 Å². The number of carbonyl (C=O) groups excluding carboxylic acids is 1. The van der Waals surface area contributed by atoms with Crippen molar-refractivity contribution in [1.82, 2.24) is 0 Å². The lowest BCUT2D eigenvalue weighted by molar-refractivity contribution is -0.729. The minimum atomic E-state index is 0.0554. The highest BCUT2D eigenvalue weighted by atomic mass is 16.5. The number of anilines is 1. The van der Waals surface area contributed by atoms with Crippen LogP contribution in [-0.2, 0) is 4.79 Å². The van der Waals surface area contributed by atoms with Crippen molar-refractivity contribution in [2.75, 3.05) is 11.9 Å². The van der Waals surface area contributed by atoms with Gasteiger partial charge in [-0.3, -0.25) is 4.79 Å². The molecule has 0 aromatic heterocycles. The van der Waals surface area contributed by atoms with Gasteiger partial charge in [-0.25, -0.2) is 0 Å². The zero-order valence-electron chi connectivity index (χ0n) is 16.3. The molecule has 0 spiro atoms. The highest BCUT2D eigenvalue weighted by molar-refractivity contribution is 5.92. The van der Waals surface area contributed by atoms with Crippen molar-refractivity contribution >= 4 is 11.6 Å². The summed E-state index contributed by atoms with van der Waals surface area (Å²) in [4.78, 5) is 12.7. The van der Waals surface area contributed by atoms with Crippen LogP contribution >= 0.6 is 0 Å². The summed E-state index contributed by atoms with van der Waals surface area (Å²) >= 11 is 0. The van der Waals surface area contributed by atoms with E-state index < -0.39 is 0 Å². The Morgan fingerprint density at radius 3 is 2.21 bits per heavy atom. The molecule has 0 atom stereocenters. The average molecular weight is 378 g/mol. The van der Waals surface area contributed by atoms with Gasteiger partial charge in [0.2, 0.25) is 0 Å². The van der Waals surface area contributed by atoms with Gasteiger partial charge in [0, 0.05) is 19.3 Å². The Hall–Kier alpha value is -2.33. The molecule has 2 aromatic rings. The van der Waals surface area contributed by atoms with E-state index in [1.165, 1.54) is 38.5 Å². The summed E-state index contributed by atoms with van der Waals surface area (Å²) in [6, 6.07) is 17.3. The Balaban J connectivity index is 1.22. The number of nitrogens with one attached hydrogen (secondary N) is 1. The Labute approximate surface area is 166 Å². The highest BCUT2D eigenvalue weighted by Crippen LogP contribution is 2.54. The predicted octanol–water partition coefficient (Wildman–Crippen LogP) is 3.95. The van der Waals surface area contributed by atoms with Crippen molar-refractivity contribution in [2.24, 2.45) is 17.8 Å². The maximum atomic E-state index is 12.7. The summed E-state index contributed by atoms with van der Waals surface area (Å²) in [5, 5.41) is 5.42. The number of amides is 1. The molecule has 4 saturated carbocycles. The van der Waals surface area contributed by atoms with Crippen LogP contribution in [0.5, 0.6) is 11.5 Å². The molecule has 0 saturated heterocycles. The van der Waals surface area contributed by atoms with Gasteiger partial charge < -0.3 is 15.4 Å². The lowest BCUT2D eigenvalue weighted by atomic mass is 9.53. The molecule has 28 heavy (non-hydrogen) atoms. The van der Waals surface area contributed by atoms with E-state index in [0.717, 1.165) is 29.2 Å². The topological polar surface area (TPSA) is 54.9 Å². The van der Waals surface area contributed by atoms with Crippen molar-refractivity contribution in [3.8, 4) is 11.5 Å². The Morgan fingerprint density at radius 2 is 1.54 bits per heavy atom. The molecule has 4 bridgehead atoms. The average Bonchev–Trinajstić information content (AvgIpc) is 2.68. The SMILES string of the molecule is O=C(C[NH2+]C12CC3CC(CC(C3)C1)C2)Nc1ccccc1Oc1ccccc1. The Kier molecular flexibility index (Phi) is 4.59. The molecule has 4 heteroatoms. The third-order valence-corrected chi connectivity index (χ3v) is 6.94. The fourth-order valence-corrected chi connectivity index (χ4v) is 6.21. The summed E-state index contributed by atoms with van der Waals surface area (Å²) in [6.45, 7) is 0.492. The Bertz CT molecular complexity index is 813. The molecule has 1 amide bonds. The van der Waals surface area contributed by atoms with E-state index in [-0.39, 0.29) is 5.91 Å². The first-order valence-corrected chi connectivity index (χ1v) is 10.6.